The van der Waals surface area contributed by atoms with Crippen LogP contribution in [0.2, 0.25) is 0 Å². The highest BCUT2D eigenvalue weighted by Crippen LogP contribution is 2.14. The van der Waals surface area contributed by atoms with Crippen LogP contribution in [0.25, 0.3) is 0 Å². The average Bonchev–Trinajstić information content (AvgIpc) is 3.09. The number of carboxylic acids is 1. The molecule has 0 saturated heterocycles. The Morgan fingerprint density at radius 3 is 1.52 bits per heavy atom. The van der Waals surface area contributed by atoms with Crippen LogP contribution in [0.5, 0.6) is 0 Å². The Morgan fingerprint density at radius 1 is 0.577 bits per heavy atom. The third kappa shape index (κ3) is 33.6. The molecule has 0 bridgehead atoms. The number of aliphatic carboxylic acids is 1. The van der Waals surface area contributed by atoms with Gasteiger partial charge in [-0.15, -0.1) is 0 Å². The summed E-state index contributed by atoms with van der Waals surface area (Å²) in [6.07, 6.45) is 37.8. The summed E-state index contributed by atoms with van der Waals surface area (Å²) in [5.41, 5.74) is 0. The van der Waals surface area contributed by atoms with E-state index in [-0.39, 0.29) is 36.2 Å². The summed E-state index contributed by atoms with van der Waals surface area (Å²) >= 11 is 0. The Kier molecular flexibility index (Phi) is 34.3. The molecule has 0 aromatic carbocycles. The van der Waals surface area contributed by atoms with Crippen LogP contribution in [0.3, 0.4) is 0 Å². The fourth-order valence-electron chi connectivity index (χ4n) is 6.24. The van der Waals surface area contributed by atoms with Gasteiger partial charge in [0.15, 0.2) is 12.1 Å². The number of ether oxygens (including phenoxy) is 3. The van der Waals surface area contributed by atoms with Crippen molar-refractivity contribution in [1.82, 2.24) is 0 Å². The van der Waals surface area contributed by atoms with E-state index in [0.717, 1.165) is 64.2 Å². The molecule has 8 nitrogen and oxygen atoms in total. The van der Waals surface area contributed by atoms with Gasteiger partial charge in [-0.1, -0.05) is 147 Å². The SMILES string of the molecule is CCCCC/C=C\C/C=C\CCCCCCCC(=O)OC(COCCC(C(=O)O)[N+](C)(C)C)COC(=O)CCCCCCCCCCCCCCC. The molecule has 0 amide bonds. The molecule has 0 rings (SSSR count). The number of quaternary nitrogens is 1. The molecule has 8 heteroatoms. The van der Waals surface area contributed by atoms with Gasteiger partial charge in [0.2, 0.25) is 0 Å². The fourth-order valence-corrected chi connectivity index (χ4v) is 6.24. The number of likely N-dealkylation sites (N-methyl/N-ethyl adjacent to an activating group) is 1. The molecule has 0 aromatic heterocycles. The van der Waals surface area contributed by atoms with Gasteiger partial charge in [0.1, 0.15) is 6.61 Å². The summed E-state index contributed by atoms with van der Waals surface area (Å²) in [4.78, 5) is 36.9. The van der Waals surface area contributed by atoms with Crippen molar-refractivity contribution in [2.45, 2.75) is 199 Å². The molecule has 0 saturated carbocycles. The number of carbonyl (C=O) groups excluding carboxylic acids is 2. The normalized spacial score (nSPS) is 13.2. The molecular formula is C44H82NO7+. The number of hydrogen-bond donors (Lipinski definition) is 1. The van der Waals surface area contributed by atoms with E-state index < -0.39 is 18.1 Å². The van der Waals surface area contributed by atoms with Gasteiger partial charge in [-0.05, 0) is 44.9 Å². The van der Waals surface area contributed by atoms with Crippen LogP contribution < -0.4 is 0 Å². The quantitative estimate of drug-likeness (QED) is 0.0291. The molecule has 304 valence electrons. The summed E-state index contributed by atoms with van der Waals surface area (Å²) in [7, 11) is 5.52. The lowest BCUT2D eigenvalue weighted by Crippen LogP contribution is -2.50. The van der Waals surface area contributed by atoms with Crippen LogP contribution in [0.4, 0.5) is 0 Å². The van der Waals surface area contributed by atoms with Crippen LogP contribution in [0.1, 0.15) is 187 Å². The van der Waals surface area contributed by atoms with Gasteiger partial charge in [-0.3, -0.25) is 9.59 Å². The Hall–Kier alpha value is -2.19. The van der Waals surface area contributed by atoms with Gasteiger partial charge in [-0.25, -0.2) is 4.79 Å². The predicted molar refractivity (Wildman–Crippen MR) is 215 cm³/mol. The molecule has 0 aliphatic carbocycles. The van der Waals surface area contributed by atoms with Gasteiger partial charge in [0, 0.05) is 19.3 Å². The first-order valence-corrected chi connectivity index (χ1v) is 21.4. The maximum Gasteiger partial charge on any atom is 0.362 e. The molecule has 0 aromatic rings. The Morgan fingerprint density at radius 2 is 1.02 bits per heavy atom. The summed E-state index contributed by atoms with van der Waals surface area (Å²) in [6, 6.07) is -0.613. The molecule has 0 aliphatic rings. The lowest BCUT2D eigenvalue weighted by Gasteiger charge is -2.31. The van der Waals surface area contributed by atoms with Crippen LogP contribution in [-0.4, -0.2) is 80.6 Å². The number of carboxylic acid groups (broad SMARTS) is 1. The zero-order chi connectivity index (χ0) is 38.5. The van der Waals surface area contributed by atoms with Crippen molar-refractivity contribution in [3.8, 4) is 0 Å². The van der Waals surface area contributed by atoms with Crippen molar-refractivity contribution in [1.29, 1.82) is 0 Å². The van der Waals surface area contributed by atoms with E-state index in [9.17, 15) is 19.5 Å². The van der Waals surface area contributed by atoms with Crippen molar-refractivity contribution >= 4 is 17.9 Å². The molecule has 0 aliphatic heterocycles. The number of carbonyl (C=O) groups is 3. The molecule has 0 fully saturated rings. The third-order valence-electron chi connectivity index (χ3n) is 9.60. The number of unbranched alkanes of at least 4 members (excludes halogenated alkanes) is 20. The van der Waals surface area contributed by atoms with E-state index >= 15 is 0 Å². The van der Waals surface area contributed by atoms with Crippen molar-refractivity contribution in [3.63, 3.8) is 0 Å². The molecule has 0 spiro atoms. The maximum absolute atomic E-state index is 12.7. The van der Waals surface area contributed by atoms with Gasteiger partial charge >= 0.3 is 17.9 Å². The van der Waals surface area contributed by atoms with Crippen molar-refractivity contribution in [2.24, 2.45) is 0 Å². The highest BCUT2D eigenvalue weighted by atomic mass is 16.6. The molecule has 52 heavy (non-hydrogen) atoms. The zero-order valence-electron chi connectivity index (χ0n) is 34.5. The second-order valence-electron chi connectivity index (χ2n) is 15.6. The van der Waals surface area contributed by atoms with Crippen LogP contribution in [0, 0.1) is 0 Å². The zero-order valence-corrected chi connectivity index (χ0v) is 34.5. The van der Waals surface area contributed by atoms with E-state index in [1.165, 1.54) is 89.9 Å². The van der Waals surface area contributed by atoms with Crippen LogP contribution in [-0.2, 0) is 28.6 Å². The maximum atomic E-state index is 12.7. The molecule has 2 unspecified atom stereocenters. The van der Waals surface area contributed by atoms with Crippen molar-refractivity contribution in [2.75, 3.05) is 41.0 Å². The topological polar surface area (TPSA) is 99.1 Å². The Bertz CT molecular complexity index is 911. The highest BCUT2D eigenvalue weighted by Gasteiger charge is 2.31. The van der Waals surface area contributed by atoms with Crippen molar-refractivity contribution < 1.29 is 38.2 Å². The minimum absolute atomic E-state index is 0.0527. The van der Waals surface area contributed by atoms with Crippen LogP contribution in [0.15, 0.2) is 24.3 Å². The summed E-state index contributed by atoms with van der Waals surface area (Å²) in [5.74, 6) is -1.48. The summed E-state index contributed by atoms with van der Waals surface area (Å²) < 4.78 is 17.2. The van der Waals surface area contributed by atoms with Crippen LogP contribution >= 0.6 is 0 Å². The Balaban J connectivity index is 4.38. The number of allylic oxidation sites excluding steroid dienone is 4. The summed E-state index contributed by atoms with van der Waals surface area (Å²) in [6.45, 7) is 4.70. The van der Waals surface area contributed by atoms with Gasteiger partial charge in [-0.2, -0.15) is 0 Å². The molecule has 0 heterocycles. The average molecular weight is 737 g/mol. The lowest BCUT2D eigenvalue weighted by atomic mass is 10.0. The minimum atomic E-state index is -0.876. The van der Waals surface area contributed by atoms with E-state index in [4.69, 9.17) is 14.2 Å². The first-order chi connectivity index (χ1) is 25.1. The molecule has 1 N–H and O–H groups in total. The number of hydrogen-bond acceptors (Lipinski definition) is 6. The lowest BCUT2D eigenvalue weighted by molar-refractivity contribution is -0.887. The molecule has 0 radical (unpaired) electrons. The summed E-state index contributed by atoms with van der Waals surface area (Å²) in [5, 5.41) is 9.60. The second-order valence-corrected chi connectivity index (χ2v) is 15.6. The van der Waals surface area contributed by atoms with E-state index in [1.54, 1.807) is 0 Å². The Labute approximate surface area is 320 Å². The van der Waals surface area contributed by atoms with Gasteiger partial charge in [0.05, 0.1) is 34.4 Å². The minimum Gasteiger partial charge on any atom is -0.477 e. The standard InChI is InChI=1S/C44H81NO7/c1-6-8-10-12-14-16-18-20-21-23-25-27-29-31-33-35-43(47)52-40(38-50-37-36-41(44(48)49)45(3,4)5)39-51-42(46)34-32-30-28-26-24-22-19-17-15-13-11-9-7-2/h14,16,20-21,40-41H,6-13,15,17-19,22-39H2,1-5H3/p+1/b16-14-,21-20-. The predicted octanol–water partition coefficient (Wildman–Crippen LogP) is 11.3. The third-order valence-corrected chi connectivity index (χ3v) is 9.60. The van der Waals surface area contributed by atoms with E-state index in [0.29, 0.717) is 19.3 Å². The highest BCUT2D eigenvalue weighted by molar-refractivity contribution is 5.72. The largest absolute Gasteiger partial charge is 0.477 e. The molecular weight excluding hydrogens is 654 g/mol. The van der Waals surface area contributed by atoms with Gasteiger partial charge in [0.25, 0.3) is 0 Å². The number of esters is 2. The monoisotopic (exact) mass is 737 g/mol. The smallest absolute Gasteiger partial charge is 0.362 e. The molecule has 2 atom stereocenters. The van der Waals surface area contributed by atoms with E-state index in [2.05, 4.69) is 38.2 Å². The first kappa shape index (κ1) is 49.8. The van der Waals surface area contributed by atoms with E-state index in [1.807, 2.05) is 21.1 Å². The number of nitrogens with zero attached hydrogens (tertiary/aromatic N) is 1. The second kappa shape index (κ2) is 35.8. The van der Waals surface area contributed by atoms with Crippen molar-refractivity contribution in [3.05, 3.63) is 24.3 Å². The number of rotatable bonds is 38. The first-order valence-electron chi connectivity index (χ1n) is 21.4. The van der Waals surface area contributed by atoms with Gasteiger partial charge < -0.3 is 23.8 Å². The fraction of sp³-hybridized carbons (Fsp3) is 0.841.